The fourth-order valence-electron chi connectivity index (χ4n) is 2.70. The van der Waals surface area contributed by atoms with E-state index in [0.29, 0.717) is 17.0 Å². The van der Waals surface area contributed by atoms with E-state index in [-0.39, 0.29) is 12.5 Å². The second kappa shape index (κ2) is 5.71. The standard InChI is InChI=1S/C15H16N6O2/c22-15(11-5-8-23-10-11)16-9-14-18-17-12-3-4-13(19-21(12)14)20-6-1-2-7-20/h3-5,8,10H,1-2,6-7,9H2,(H,16,22). The van der Waals surface area contributed by atoms with Gasteiger partial charge in [0.2, 0.25) is 0 Å². The molecule has 8 heteroatoms. The second-order valence-corrected chi connectivity index (χ2v) is 5.47. The van der Waals surface area contributed by atoms with Gasteiger partial charge >= 0.3 is 0 Å². The SMILES string of the molecule is O=C(NCc1nnc2ccc(N3CCCC3)nn12)c1ccoc1. The van der Waals surface area contributed by atoms with Gasteiger partial charge in [-0.15, -0.1) is 15.3 Å². The van der Waals surface area contributed by atoms with Crippen LogP contribution in [0.5, 0.6) is 0 Å². The molecule has 118 valence electrons. The number of carbonyl (C=O) groups is 1. The lowest BCUT2D eigenvalue weighted by Crippen LogP contribution is -2.24. The normalized spacial score (nSPS) is 14.5. The molecular weight excluding hydrogens is 296 g/mol. The number of fused-ring (bicyclic) bond motifs is 1. The van der Waals surface area contributed by atoms with Gasteiger partial charge in [-0.3, -0.25) is 4.79 Å². The van der Waals surface area contributed by atoms with Crippen LogP contribution in [0.3, 0.4) is 0 Å². The third kappa shape index (κ3) is 2.63. The van der Waals surface area contributed by atoms with E-state index in [9.17, 15) is 4.79 Å². The summed E-state index contributed by atoms with van der Waals surface area (Å²) in [7, 11) is 0. The number of nitrogens with zero attached hydrogens (tertiary/aromatic N) is 5. The van der Waals surface area contributed by atoms with Crippen molar-refractivity contribution in [3.63, 3.8) is 0 Å². The first-order valence-corrected chi connectivity index (χ1v) is 7.58. The van der Waals surface area contributed by atoms with Gasteiger partial charge in [0.05, 0.1) is 18.4 Å². The third-order valence-corrected chi connectivity index (χ3v) is 3.93. The van der Waals surface area contributed by atoms with Crippen LogP contribution in [0, 0.1) is 0 Å². The van der Waals surface area contributed by atoms with Crippen LogP contribution >= 0.6 is 0 Å². The molecule has 1 amide bonds. The Morgan fingerprint density at radius 3 is 2.87 bits per heavy atom. The lowest BCUT2D eigenvalue weighted by Gasteiger charge is -2.15. The molecule has 0 radical (unpaired) electrons. The van der Waals surface area contributed by atoms with Crippen molar-refractivity contribution in [2.45, 2.75) is 19.4 Å². The van der Waals surface area contributed by atoms with Gasteiger partial charge in [0.15, 0.2) is 11.5 Å². The summed E-state index contributed by atoms with van der Waals surface area (Å²) >= 11 is 0. The highest BCUT2D eigenvalue weighted by Gasteiger charge is 2.16. The second-order valence-electron chi connectivity index (χ2n) is 5.47. The first kappa shape index (κ1) is 13.7. The van der Waals surface area contributed by atoms with Gasteiger partial charge in [0.25, 0.3) is 5.91 Å². The summed E-state index contributed by atoms with van der Waals surface area (Å²) in [5.41, 5.74) is 1.14. The lowest BCUT2D eigenvalue weighted by atomic mass is 10.3. The number of aromatic nitrogens is 4. The Labute approximate surface area is 132 Å². The van der Waals surface area contributed by atoms with Crippen molar-refractivity contribution in [1.82, 2.24) is 25.1 Å². The molecule has 1 aliphatic rings. The van der Waals surface area contributed by atoms with Crippen LogP contribution in [0.2, 0.25) is 0 Å². The Hall–Kier alpha value is -2.90. The van der Waals surface area contributed by atoms with Crippen molar-refractivity contribution in [2.75, 3.05) is 18.0 Å². The summed E-state index contributed by atoms with van der Waals surface area (Å²) in [6.07, 6.45) is 5.25. The minimum Gasteiger partial charge on any atom is -0.472 e. The molecule has 3 aromatic heterocycles. The van der Waals surface area contributed by atoms with Gasteiger partial charge < -0.3 is 14.6 Å². The topological polar surface area (TPSA) is 88.6 Å². The number of anilines is 1. The van der Waals surface area contributed by atoms with Crippen LogP contribution in [-0.2, 0) is 6.54 Å². The van der Waals surface area contributed by atoms with Crippen molar-refractivity contribution < 1.29 is 9.21 Å². The van der Waals surface area contributed by atoms with E-state index in [1.807, 2.05) is 12.1 Å². The van der Waals surface area contributed by atoms with Crippen LogP contribution in [-0.4, -0.2) is 38.8 Å². The van der Waals surface area contributed by atoms with Crippen molar-refractivity contribution in [3.05, 3.63) is 42.1 Å². The van der Waals surface area contributed by atoms with Crippen molar-refractivity contribution in [3.8, 4) is 0 Å². The highest BCUT2D eigenvalue weighted by molar-refractivity contribution is 5.93. The van der Waals surface area contributed by atoms with Gasteiger partial charge in [0.1, 0.15) is 12.1 Å². The molecule has 0 bridgehead atoms. The summed E-state index contributed by atoms with van der Waals surface area (Å²) in [5, 5.41) is 15.6. The smallest absolute Gasteiger partial charge is 0.254 e. The van der Waals surface area contributed by atoms with E-state index < -0.39 is 0 Å². The summed E-state index contributed by atoms with van der Waals surface area (Å²) in [6, 6.07) is 5.47. The summed E-state index contributed by atoms with van der Waals surface area (Å²) in [6.45, 7) is 2.29. The molecule has 23 heavy (non-hydrogen) atoms. The van der Waals surface area contributed by atoms with Crippen LogP contribution in [0.25, 0.3) is 5.65 Å². The Morgan fingerprint density at radius 2 is 2.09 bits per heavy atom. The molecule has 0 aromatic carbocycles. The molecule has 1 fully saturated rings. The number of amides is 1. The molecule has 0 spiro atoms. The zero-order valence-electron chi connectivity index (χ0n) is 12.5. The fourth-order valence-corrected chi connectivity index (χ4v) is 2.70. The van der Waals surface area contributed by atoms with Crippen LogP contribution < -0.4 is 10.2 Å². The Kier molecular flexibility index (Phi) is 3.41. The molecule has 1 saturated heterocycles. The third-order valence-electron chi connectivity index (χ3n) is 3.93. The molecule has 0 atom stereocenters. The van der Waals surface area contributed by atoms with Gasteiger partial charge in [-0.05, 0) is 31.0 Å². The van der Waals surface area contributed by atoms with E-state index in [1.165, 1.54) is 25.4 Å². The van der Waals surface area contributed by atoms with Crippen molar-refractivity contribution in [1.29, 1.82) is 0 Å². The Morgan fingerprint density at radius 1 is 1.22 bits per heavy atom. The minimum absolute atomic E-state index is 0.216. The van der Waals surface area contributed by atoms with E-state index in [2.05, 4.69) is 25.5 Å². The summed E-state index contributed by atoms with van der Waals surface area (Å²) in [4.78, 5) is 14.2. The number of hydrogen-bond acceptors (Lipinski definition) is 6. The number of rotatable bonds is 4. The number of hydrogen-bond donors (Lipinski definition) is 1. The molecule has 3 aromatic rings. The summed E-state index contributed by atoms with van der Waals surface area (Å²) < 4.78 is 6.59. The van der Waals surface area contributed by atoms with E-state index >= 15 is 0 Å². The number of nitrogens with one attached hydrogen (secondary N) is 1. The fraction of sp³-hybridized carbons (Fsp3) is 0.333. The molecule has 8 nitrogen and oxygen atoms in total. The highest BCUT2D eigenvalue weighted by atomic mass is 16.3. The zero-order valence-corrected chi connectivity index (χ0v) is 12.5. The van der Waals surface area contributed by atoms with E-state index in [4.69, 9.17) is 4.42 Å². The van der Waals surface area contributed by atoms with Gasteiger partial charge in [-0.2, -0.15) is 4.52 Å². The molecule has 1 aliphatic heterocycles. The van der Waals surface area contributed by atoms with E-state index in [0.717, 1.165) is 18.9 Å². The maximum absolute atomic E-state index is 12.0. The zero-order chi connectivity index (χ0) is 15.6. The maximum atomic E-state index is 12.0. The Balaban J connectivity index is 1.54. The molecule has 0 saturated carbocycles. The maximum Gasteiger partial charge on any atom is 0.254 e. The molecule has 0 aliphatic carbocycles. The number of furan rings is 1. The van der Waals surface area contributed by atoms with Gasteiger partial charge in [0, 0.05) is 13.1 Å². The van der Waals surface area contributed by atoms with Crippen LogP contribution in [0.4, 0.5) is 5.82 Å². The average molecular weight is 312 g/mol. The Bertz CT molecular complexity index is 820. The first-order valence-electron chi connectivity index (χ1n) is 7.58. The highest BCUT2D eigenvalue weighted by Crippen LogP contribution is 2.18. The summed E-state index contributed by atoms with van der Waals surface area (Å²) in [5.74, 6) is 1.29. The first-order chi connectivity index (χ1) is 11.3. The lowest BCUT2D eigenvalue weighted by molar-refractivity contribution is 0.0949. The van der Waals surface area contributed by atoms with Gasteiger partial charge in [-0.1, -0.05) is 0 Å². The van der Waals surface area contributed by atoms with Gasteiger partial charge in [-0.25, -0.2) is 0 Å². The van der Waals surface area contributed by atoms with Crippen molar-refractivity contribution in [2.24, 2.45) is 0 Å². The van der Waals surface area contributed by atoms with Crippen LogP contribution in [0.15, 0.2) is 35.1 Å². The van der Waals surface area contributed by atoms with Crippen molar-refractivity contribution >= 4 is 17.4 Å². The minimum atomic E-state index is -0.216. The number of carbonyl (C=O) groups excluding carboxylic acids is 1. The molecule has 4 heterocycles. The largest absolute Gasteiger partial charge is 0.472 e. The predicted octanol–water partition coefficient (Wildman–Crippen LogP) is 1.25. The average Bonchev–Trinajstić information content (AvgIpc) is 3.33. The molecule has 4 rings (SSSR count). The molecule has 0 unspecified atom stereocenters. The van der Waals surface area contributed by atoms with E-state index in [1.54, 1.807) is 10.6 Å². The van der Waals surface area contributed by atoms with Crippen LogP contribution in [0.1, 0.15) is 29.0 Å². The monoisotopic (exact) mass is 312 g/mol. The molecule has 1 N–H and O–H groups in total. The quantitative estimate of drug-likeness (QED) is 0.780. The predicted molar refractivity (Wildman–Crippen MR) is 82.1 cm³/mol. The molecular formula is C15H16N6O2.